The average Bonchev–Trinajstić information content (AvgIpc) is 3.40. The van der Waals surface area contributed by atoms with Crippen molar-refractivity contribution in [3.63, 3.8) is 0 Å². The van der Waals surface area contributed by atoms with E-state index in [4.69, 9.17) is 4.78 Å². The molecule has 0 amide bonds. The molecule has 0 aliphatic heterocycles. The van der Waals surface area contributed by atoms with Gasteiger partial charge in [-0.3, -0.25) is 4.68 Å². The Hall–Kier alpha value is -2.77. The number of nitrogens with zero attached hydrogens (tertiary/aromatic N) is 6. The number of fused-ring (bicyclic) bond motifs is 1. The molecule has 2 unspecified atom stereocenters. The molecular weight excluding hydrogens is 390 g/mol. The summed E-state index contributed by atoms with van der Waals surface area (Å²) in [4.78, 5) is 4.48. The van der Waals surface area contributed by atoms with E-state index in [1.54, 1.807) is 10.7 Å². The average molecular weight is 414 g/mol. The van der Waals surface area contributed by atoms with Gasteiger partial charge in [-0.05, 0) is 37.8 Å². The first kappa shape index (κ1) is 19.5. The van der Waals surface area contributed by atoms with Gasteiger partial charge in [0.15, 0.2) is 15.8 Å². The minimum absolute atomic E-state index is 0.0338. The van der Waals surface area contributed by atoms with Crippen molar-refractivity contribution in [2.45, 2.75) is 50.8 Å². The molecule has 1 fully saturated rings. The Morgan fingerprint density at radius 3 is 2.86 bits per heavy atom. The van der Waals surface area contributed by atoms with Crippen molar-refractivity contribution >= 4 is 15.5 Å². The van der Waals surface area contributed by atoms with E-state index in [1.165, 1.54) is 12.8 Å². The van der Waals surface area contributed by atoms with Gasteiger partial charge in [0.05, 0.1) is 30.2 Å². The van der Waals surface area contributed by atoms with E-state index in [1.807, 2.05) is 29.9 Å². The van der Waals surface area contributed by atoms with E-state index in [0.717, 1.165) is 29.6 Å². The van der Waals surface area contributed by atoms with Gasteiger partial charge in [0.25, 0.3) is 0 Å². The second kappa shape index (κ2) is 7.57. The fourth-order valence-corrected chi connectivity index (χ4v) is 4.64. The fourth-order valence-electron chi connectivity index (χ4n) is 4.17. The fraction of sp³-hybridized carbons (Fsp3) is 0.474. The molecular formula is C19H23N7O2S. The summed E-state index contributed by atoms with van der Waals surface area (Å²) in [7, 11) is -3.76. The Kier molecular flexibility index (Phi) is 5.10. The second-order valence-corrected chi connectivity index (χ2v) is 9.19. The first-order valence-electron chi connectivity index (χ1n) is 9.61. The van der Waals surface area contributed by atoms with Crippen LogP contribution in [0.3, 0.4) is 0 Å². The molecule has 0 aromatic carbocycles. The SMILES string of the molecule is Cc1ccc2c(-c3cnn(C(CC#N)C4CCCC4)c3)nc(CS(=N)(=O)O)nn12. The van der Waals surface area contributed by atoms with E-state index in [2.05, 4.69) is 21.3 Å². The molecule has 0 bridgehead atoms. The number of aromatic nitrogens is 5. The lowest BCUT2D eigenvalue weighted by molar-refractivity contribution is 0.315. The number of nitriles is 1. The van der Waals surface area contributed by atoms with E-state index < -0.39 is 15.8 Å². The van der Waals surface area contributed by atoms with Gasteiger partial charge in [-0.15, -0.1) is 0 Å². The van der Waals surface area contributed by atoms with Gasteiger partial charge in [0.1, 0.15) is 11.4 Å². The third-order valence-electron chi connectivity index (χ3n) is 5.53. The molecule has 152 valence electrons. The minimum atomic E-state index is -3.76. The van der Waals surface area contributed by atoms with Gasteiger partial charge in [-0.1, -0.05) is 12.8 Å². The van der Waals surface area contributed by atoms with Crippen molar-refractivity contribution in [3.05, 3.63) is 36.0 Å². The number of aryl methyl sites for hydroxylation is 1. The molecule has 2 N–H and O–H groups in total. The predicted octanol–water partition coefficient (Wildman–Crippen LogP) is 3.57. The van der Waals surface area contributed by atoms with Crippen molar-refractivity contribution in [1.29, 1.82) is 10.0 Å². The number of nitrogens with one attached hydrogen (secondary N) is 1. The van der Waals surface area contributed by atoms with Crippen LogP contribution in [0.4, 0.5) is 0 Å². The summed E-state index contributed by atoms with van der Waals surface area (Å²) in [6.45, 7) is 1.89. The maximum absolute atomic E-state index is 11.6. The summed E-state index contributed by atoms with van der Waals surface area (Å²) in [5, 5.41) is 18.1. The molecule has 0 radical (unpaired) electrons. The molecule has 0 saturated heterocycles. The summed E-state index contributed by atoms with van der Waals surface area (Å²) >= 11 is 0. The number of hydrogen-bond acceptors (Lipinski definition) is 6. The predicted molar refractivity (Wildman–Crippen MR) is 107 cm³/mol. The highest BCUT2D eigenvalue weighted by molar-refractivity contribution is 7.86. The zero-order valence-electron chi connectivity index (χ0n) is 16.2. The van der Waals surface area contributed by atoms with Crippen LogP contribution in [0.2, 0.25) is 0 Å². The minimum Gasteiger partial charge on any atom is -0.300 e. The molecule has 1 aliphatic rings. The second-order valence-electron chi connectivity index (χ2n) is 7.62. The Labute approximate surface area is 169 Å². The Bertz CT molecular complexity index is 1180. The molecule has 3 aromatic rings. The quantitative estimate of drug-likeness (QED) is 0.635. The van der Waals surface area contributed by atoms with Gasteiger partial charge >= 0.3 is 0 Å². The van der Waals surface area contributed by atoms with Crippen LogP contribution in [-0.4, -0.2) is 33.1 Å². The van der Waals surface area contributed by atoms with E-state index in [0.29, 0.717) is 18.0 Å². The van der Waals surface area contributed by atoms with Crippen LogP contribution in [0.15, 0.2) is 24.5 Å². The van der Waals surface area contributed by atoms with Crippen molar-refractivity contribution in [2.75, 3.05) is 0 Å². The third kappa shape index (κ3) is 4.02. The molecule has 29 heavy (non-hydrogen) atoms. The highest BCUT2D eigenvalue weighted by Gasteiger charge is 2.27. The van der Waals surface area contributed by atoms with E-state index in [9.17, 15) is 14.0 Å². The van der Waals surface area contributed by atoms with Gasteiger partial charge < -0.3 is 4.55 Å². The van der Waals surface area contributed by atoms with Gasteiger partial charge in [0, 0.05) is 17.5 Å². The highest BCUT2D eigenvalue weighted by Crippen LogP contribution is 2.36. The first-order chi connectivity index (χ1) is 13.9. The standard InChI is InChI=1S/C19H23N7O2S/c1-13-6-7-17-19(23-18(24-26(13)17)12-29(21,27)28)15-10-22-25(11-15)16(8-9-20)14-4-2-3-5-14/h6-7,10-11,14,16H,2-5,8,12H2,1H3,(H2,21,27,28). The molecule has 2 atom stereocenters. The van der Waals surface area contributed by atoms with Crippen molar-refractivity contribution < 1.29 is 8.76 Å². The topological polar surface area (TPSA) is 133 Å². The van der Waals surface area contributed by atoms with Crippen LogP contribution in [0.1, 0.15) is 49.7 Å². The molecule has 3 aromatic heterocycles. The molecule has 9 nitrogen and oxygen atoms in total. The van der Waals surface area contributed by atoms with Crippen LogP contribution in [0.25, 0.3) is 16.8 Å². The summed E-state index contributed by atoms with van der Waals surface area (Å²) in [5.41, 5.74) is 2.98. The first-order valence-corrected chi connectivity index (χ1v) is 11.3. The number of hydrogen-bond donors (Lipinski definition) is 2. The summed E-state index contributed by atoms with van der Waals surface area (Å²) in [6, 6.07) is 6.12. The van der Waals surface area contributed by atoms with Crippen LogP contribution in [-0.2, 0) is 15.8 Å². The zero-order valence-corrected chi connectivity index (χ0v) is 17.0. The lowest BCUT2D eigenvalue weighted by Gasteiger charge is -2.21. The van der Waals surface area contributed by atoms with Gasteiger partial charge in [-0.2, -0.15) is 15.5 Å². The van der Waals surface area contributed by atoms with Crippen LogP contribution >= 0.6 is 0 Å². The van der Waals surface area contributed by atoms with Crippen molar-refractivity contribution in [2.24, 2.45) is 5.92 Å². The largest absolute Gasteiger partial charge is 0.300 e. The van der Waals surface area contributed by atoms with E-state index >= 15 is 0 Å². The Morgan fingerprint density at radius 1 is 1.41 bits per heavy atom. The highest BCUT2D eigenvalue weighted by atomic mass is 32.2. The van der Waals surface area contributed by atoms with Crippen molar-refractivity contribution in [1.82, 2.24) is 24.4 Å². The molecule has 0 spiro atoms. The Morgan fingerprint density at radius 2 is 2.17 bits per heavy atom. The molecule has 10 heteroatoms. The normalized spacial score (nSPS) is 18.0. The van der Waals surface area contributed by atoms with Gasteiger partial charge in [-0.25, -0.2) is 18.5 Å². The van der Waals surface area contributed by atoms with E-state index in [-0.39, 0.29) is 11.9 Å². The maximum Gasteiger partial charge on any atom is 0.165 e. The third-order valence-corrected chi connectivity index (χ3v) is 6.18. The number of rotatable bonds is 6. The lowest BCUT2D eigenvalue weighted by Crippen LogP contribution is -2.17. The molecule has 4 rings (SSSR count). The zero-order chi connectivity index (χ0) is 20.6. The maximum atomic E-state index is 11.6. The molecule has 1 saturated carbocycles. The van der Waals surface area contributed by atoms with Gasteiger partial charge in [0.2, 0.25) is 0 Å². The van der Waals surface area contributed by atoms with Crippen LogP contribution in [0.5, 0.6) is 0 Å². The Balaban J connectivity index is 1.77. The molecule has 1 aliphatic carbocycles. The summed E-state index contributed by atoms with van der Waals surface area (Å²) in [5.74, 6) is 0.133. The molecule has 3 heterocycles. The smallest absolute Gasteiger partial charge is 0.165 e. The lowest BCUT2D eigenvalue weighted by atomic mass is 9.96. The van der Waals surface area contributed by atoms with Crippen molar-refractivity contribution in [3.8, 4) is 17.3 Å². The van der Waals surface area contributed by atoms with Crippen LogP contribution in [0, 0.1) is 29.0 Å². The monoisotopic (exact) mass is 413 g/mol. The summed E-state index contributed by atoms with van der Waals surface area (Å²) < 4.78 is 31.9. The summed E-state index contributed by atoms with van der Waals surface area (Å²) in [6.07, 6.45) is 8.61. The van der Waals surface area contributed by atoms with Crippen LogP contribution < -0.4 is 0 Å².